The second kappa shape index (κ2) is 6.60. The first kappa shape index (κ1) is 16.7. The SMILES string of the molecule is CC(=O)c1cccc(OCC(=O)c2[nH]c(C)c(C(C)=O)c2C)c1. The Kier molecular flexibility index (Phi) is 4.79. The lowest BCUT2D eigenvalue weighted by molar-refractivity contribution is 0.0916. The molecule has 120 valence electrons. The highest BCUT2D eigenvalue weighted by molar-refractivity contribution is 6.03. The van der Waals surface area contributed by atoms with E-state index < -0.39 is 0 Å². The third-order valence-corrected chi connectivity index (χ3v) is 3.68. The van der Waals surface area contributed by atoms with Crippen molar-refractivity contribution in [2.24, 2.45) is 0 Å². The summed E-state index contributed by atoms with van der Waals surface area (Å²) in [6.45, 7) is 6.28. The molecule has 0 unspecified atom stereocenters. The monoisotopic (exact) mass is 313 g/mol. The number of H-pyrrole nitrogens is 1. The molecule has 0 saturated carbocycles. The molecule has 0 spiro atoms. The van der Waals surface area contributed by atoms with Gasteiger partial charge in [-0.05, 0) is 45.4 Å². The summed E-state index contributed by atoms with van der Waals surface area (Å²) in [5.74, 6) is 0.0687. The molecule has 0 amide bonds. The molecule has 0 aliphatic heterocycles. The van der Waals surface area contributed by atoms with Crippen molar-refractivity contribution in [2.75, 3.05) is 6.61 Å². The molecule has 0 saturated heterocycles. The van der Waals surface area contributed by atoms with Crippen LogP contribution in [0.1, 0.15) is 56.3 Å². The number of hydrogen-bond acceptors (Lipinski definition) is 4. The number of ether oxygens (including phenoxy) is 1. The Balaban J connectivity index is 2.14. The smallest absolute Gasteiger partial charge is 0.216 e. The minimum Gasteiger partial charge on any atom is -0.485 e. The van der Waals surface area contributed by atoms with Crippen LogP contribution in [-0.4, -0.2) is 28.9 Å². The Morgan fingerprint density at radius 1 is 1.09 bits per heavy atom. The predicted octanol–water partition coefficient (Wildman–Crippen LogP) is 3.30. The van der Waals surface area contributed by atoms with Crippen LogP contribution in [0.2, 0.25) is 0 Å². The standard InChI is InChI=1S/C18H19NO4/c1-10-17(13(4)21)11(2)19-18(10)16(22)9-23-15-7-5-6-14(8-15)12(3)20/h5-8,19H,9H2,1-4H3. The van der Waals surface area contributed by atoms with E-state index in [1.54, 1.807) is 38.1 Å². The highest BCUT2D eigenvalue weighted by Crippen LogP contribution is 2.20. The largest absolute Gasteiger partial charge is 0.485 e. The highest BCUT2D eigenvalue weighted by atomic mass is 16.5. The molecule has 0 radical (unpaired) electrons. The first-order valence-electron chi connectivity index (χ1n) is 7.28. The molecule has 1 aromatic heterocycles. The summed E-state index contributed by atoms with van der Waals surface area (Å²) in [6, 6.07) is 6.68. The summed E-state index contributed by atoms with van der Waals surface area (Å²) in [5, 5.41) is 0. The zero-order valence-electron chi connectivity index (χ0n) is 13.6. The van der Waals surface area contributed by atoms with Gasteiger partial charge < -0.3 is 9.72 Å². The van der Waals surface area contributed by atoms with Gasteiger partial charge in [0.1, 0.15) is 5.75 Å². The second-order valence-electron chi connectivity index (χ2n) is 5.48. The number of benzene rings is 1. The van der Waals surface area contributed by atoms with Crippen LogP contribution in [-0.2, 0) is 0 Å². The van der Waals surface area contributed by atoms with E-state index in [1.807, 2.05) is 0 Å². The number of hydrogen-bond donors (Lipinski definition) is 1. The maximum absolute atomic E-state index is 12.3. The Labute approximate surface area is 134 Å². The maximum atomic E-state index is 12.3. The zero-order valence-corrected chi connectivity index (χ0v) is 13.6. The van der Waals surface area contributed by atoms with Crippen LogP contribution < -0.4 is 4.74 Å². The summed E-state index contributed by atoms with van der Waals surface area (Å²) in [5.41, 5.74) is 2.78. The van der Waals surface area contributed by atoms with Crippen molar-refractivity contribution in [3.05, 3.63) is 52.3 Å². The van der Waals surface area contributed by atoms with E-state index in [2.05, 4.69) is 4.98 Å². The number of nitrogens with one attached hydrogen (secondary N) is 1. The number of aryl methyl sites for hydroxylation is 1. The molecule has 0 bridgehead atoms. The Hall–Kier alpha value is -2.69. The third kappa shape index (κ3) is 3.56. The number of carbonyl (C=O) groups excluding carboxylic acids is 3. The van der Waals surface area contributed by atoms with Gasteiger partial charge in [0.05, 0.1) is 5.69 Å². The molecule has 1 aromatic carbocycles. The molecule has 1 N–H and O–H groups in total. The van der Waals surface area contributed by atoms with Gasteiger partial charge in [0, 0.05) is 16.8 Å². The Morgan fingerprint density at radius 2 is 1.78 bits per heavy atom. The first-order chi connectivity index (χ1) is 10.8. The zero-order chi connectivity index (χ0) is 17.1. The van der Waals surface area contributed by atoms with Gasteiger partial charge in [-0.1, -0.05) is 12.1 Å². The lowest BCUT2D eigenvalue weighted by atomic mass is 10.1. The molecule has 0 aliphatic rings. The van der Waals surface area contributed by atoms with Gasteiger partial charge in [-0.2, -0.15) is 0 Å². The number of rotatable bonds is 6. The third-order valence-electron chi connectivity index (χ3n) is 3.68. The minimum atomic E-state index is -0.244. The van der Waals surface area contributed by atoms with Gasteiger partial charge in [0.2, 0.25) is 5.78 Å². The minimum absolute atomic E-state index is 0.0660. The number of carbonyl (C=O) groups is 3. The van der Waals surface area contributed by atoms with Crippen LogP contribution in [0.5, 0.6) is 5.75 Å². The summed E-state index contributed by atoms with van der Waals surface area (Å²) < 4.78 is 5.47. The second-order valence-corrected chi connectivity index (χ2v) is 5.48. The number of Topliss-reactive ketones (excluding diaryl/α,β-unsaturated/α-hetero) is 3. The van der Waals surface area contributed by atoms with E-state index in [0.29, 0.717) is 33.8 Å². The highest BCUT2D eigenvalue weighted by Gasteiger charge is 2.20. The van der Waals surface area contributed by atoms with E-state index in [9.17, 15) is 14.4 Å². The van der Waals surface area contributed by atoms with Crippen molar-refractivity contribution in [3.63, 3.8) is 0 Å². The van der Waals surface area contributed by atoms with Crippen LogP contribution in [0.25, 0.3) is 0 Å². The molecule has 0 atom stereocenters. The van der Waals surface area contributed by atoms with Crippen LogP contribution in [0, 0.1) is 13.8 Å². The van der Waals surface area contributed by atoms with Crippen LogP contribution in [0.15, 0.2) is 24.3 Å². The van der Waals surface area contributed by atoms with Crippen molar-refractivity contribution in [1.29, 1.82) is 0 Å². The van der Waals surface area contributed by atoms with E-state index in [4.69, 9.17) is 4.74 Å². The Morgan fingerprint density at radius 3 is 2.35 bits per heavy atom. The number of ketones is 3. The molecular formula is C18H19NO4. The van der Waals surface area contributed by atoms with E-state index in [0.717, 1.165) is 0 Å². The normalized spacial score (nSPS) is 10.4. The summed E-state index contributed by atoms with van der Waals surface area (Å²) >= 11 is 0. The fraction of sp³-hybridized carbons (Fsp3) is 0.278. The number of aromatic nitrogens is 1. The molecule has 1 heterocycles. The van der Waals surface area contributed by atoms with Crippen molar-refractivity contribution >= 4 is 17.3 Å². The lowest BCUT2D eigenvalue weighted by Gasteiger charge is -2.06. The summed E-state index contributed by atoms with van der Waals surface area (Å²) in [6.07, 6.45) is 0. The summed E-state index contributed by atoms with van der Waals surface area (Å²) in [7, 11) is 0. The molecule has 2 aromatic rings. The molecule has 0 fully saturated rings. The van der Waals surface area contributed by atoms with Gasteiger partial charge in [-0.15, -0.1) is 0 Å². The quantitative estimate of drug-likeness (QED) is 0.830. The molecule has 5 nitrogen and oxygen atoms in total. The van der Waals surface area contributed by atoms with Gasteiger partial charge >= 0.3 is 0 Å². The molecule has 0 aliphatic carbocycles. The lowest BCUT2D eigenvalue weighted by Crippen LogP contribution is -2.13. The maximum Gasteiger partial charge on any atom is 0.216 e. The van der Waals surface area contributed by atoms with Crippen LogP contribution in [0.4, 0.5) is 0 Å². The van der Waals surface area contributed by atoms with E-state index in [-0.39, 0.29) is 24.0 Å². The van der Waals surface area contributed by atoms with Crippen molar-refractivity contribution in [2.45, 2.75) is 27.7 Å². The average Bonchev–Trinajstić information content (AvgIpc) is 2.80. The number of aromatic amines is 1. The van der Waals surface area contributed by atoms with E-state index >= 15 is 0 Å². The fourth-order valence-corrected chi connectivity index (χ4v) is 2.58. The van der Waals surface area contributed by atoms with Gasteiger partial charge in [-0.25, -0.2) is 0 Å². The van der Waals surface area contributed by atoms with Gasteiger partial charge in [0.25, 0.3) is 0 Å². The predicted molar refractivity (Wildman–Crippen MR) is 86.5 cm³/mol. The van der Waals surface area contributed by atoms with Crippen molar-refractivity contribution in [3.8, 4) is 5.75 Å². The topological polar surface area (TPSA) is 76.2 Å². The summed E-state index contributed by atoms with van der Waals surface area (Å²) in [4.78, 5) is 38.2. The van der Waals surface area contributed by atoms with Gasteiger partial charge in [-0.3, -0.25) is 14.4 Å². The van der Waals surface area contributed by atoms with Crippen LogP contribution in [0.3, 0.4) is 0 Å². The molecular weight excluding hydrogens is 294 g/mol. The first-order valence-corrected chi connectivity index (χ1v) is 7.28. The van der Waals surface area contributed by atoms with E-state index in [1.165, 1.54) is 13.8 Å². The van der Waals surface area contributed by atoms with Crippen LogP contribution >= 0.6 is 0 Å². The molecule has 23 heavy (non-hydrogen) atoms. The van der Waals surface area contributed by atoms with Crippen molar-refractivity contribution in [1.82, 2.24) is 4.98 Å². The average molecular weight is 313 g/mol. The molecule has 5 heteroatoms. The Bertz CT molecular complexity index is 786. The fourth-order valence-electron chi connectivity index (χ4n) is 2.58. The molecule has 2 rings (SSSR count). The van der Waals surface area contributed by atoms with Gasteiger partial charge in [0.15, 0.2) is 18.2 Å². The van der Waals surface area contributed by atoms with Crippen molar-refractivity contribution < 1.29 is 19.1 Å².